The molecule has 2 rings (SSSR count). The van der Waals surface area contributed by atoms with Crippen LogP contribution in [0.1, 0.15) is 10.4 Å². The average molecular weight is 164 g/mol. The van der Waals surface area contributed by atoms with Crippen molar-refractivity contribution >= 4 is 11.6 Å². The number of phenolic OH excluding ortho intramolecular Hbond substituents is 1. The summed E-state index contributed by atoms with van der Waals surface area (Å²) in [7, 11) is 0. The third-order valence-electron chi connectivity index (χ3n) is 1.80. The van der Waals surface area contributed by atoms with Gasteiger partial charge in [0.15, 0.2) is 0 Å². The van der Waals surface area contributed by atoms with Gasteiger partial charge in [0.05, 0.1) is 12.4 Å². The van der Waals surface area contributed by atoms with Crippen molar-refractivity contribution in [2.75, 3.05) is 12.0 Å². The maximum atomic E-state index is 11.2. The zero-order valence-corrected chi connectivity index (χ0v) is 6.29. The molecule has 0 fully saturated rings. The number of amides is 1. The van der Waals surface area contributed by atoms with Crippen molar-refractivity contribution in [2.24, 2.45) is 0 Å². The van der Waals surface area contributed by atoms with Crippen molar-refractivity contribution in [3.63, 3.8) is 0 Å². The number of rotatable bonds is 0. The van der Waals surface area contributed by atoms with Gasteiger partial charge in [-0.15, -0.1) is 0 Å². The summed E-state index contributed by atoms with van der Waals surface area (Å²) in [6, 6.07) is 4.94. The van der Waals surface area contributed by atoms with E-state index in [4.69, 9.17) is 0 Å². The zero-order valence-electron chi connectivity index (χ0n) is 6.29. The summed E-state index contributed by atoms with van der Waals surface area (Å²) >= 11 is 0. The van der Waals surface area contributed by atoms with Gasteiger partial charge in [-0.1, -0.05) is 6.07 Å². The Morgan fingerprint density at radius 3 is 2.92 bits per heavy atom. The van der Waals surface area contributed by atoms with Gasteiger partial charge >= 0.3 is 0 Å². The predicted octanol–water partition coefficient (Wildman–Crippen LogP) is 0.505. The summed E-state index contributed by atoms with van der Waals surface area (Å²) < 4.78 is 0. The summed E-state index contributed by atoms with van der Waals surface area (Å²) in [4.78, 5) is 11.2. The van der Waals surface area contributed by atoms with Crippen LogP contribution in [0.5, 0.6) is 5.75 Å². The fourth-order valence-electron chi connectivity index (χ4n) is 1.23. The first-order valence-electron chi connectivity index (χ1n) is 3.63. The highest BCUT2D eigenvalue weighted by atomic mass is 16.3. The minimum absolute atomic E-state index is 0.0113. The molecule has 4 heteroatoms. The van der Waals surface area contributed by atoms with E-state index in [0.29, 0.717) is 17.9 Å². The largest absolute Gasteiger partial charge is 0.507 e. The van der Waals surface area contributed by atoms with E-state index in [1.807, 2.05) is 0 Å². The molecule has 3 N–H and O–H groups in total. The molecule has 0 saturated carbocycles. The molecule has 0 unspecified atom stereocenters. The lowest BCUT2D eigenvalue weighted by Gasteiger charge is -2.18. The van der Waals surface area contributed by atoms with Crippen LogP contribution < -0.4 is 10.6 Å². The SMILES string of the molecule is O=C1NCNc2cccc(O)c21. The fourth-order valence-corrected chi connectivity index (χ4v) is 1.23. The fraction of sp³-hybridized carbons (Fsp3) is 0.125. The number of carbonyl (C=O) groups excluding carboxylic acids is 1. The van der Waals surface area contributed by atoms with Gasteiger partial charge in [0.2, 0.25) is 0 Å². The lowest BCUT2D eigenvalue weighted by molar-refractivity contribution is 0.0950. The van der Waals surface area contributed by atoms with Crippen molar-refractivity contribution in [3.05, 3.63) is 23.8 Å². The Labute approximate surface area is 69.2 Å². The van der Waals surface area contributed by atoms with Crippen LogP contribution in [0.15, 0.2) is 18.2 Å². The van der Waals surface area contributed by atoms with Crippen molar-refractivity contribution < 1.29 is 9.90 Å². The number of phenols is 1. The number of aromatic hydroxyl groups is 1. The first-order valence-corrected chi connectivity index (χ1v) is 3.63. The van der Waals surface area contributed by atoms with Crippen LogP contribution in [0.25, 0.3) is 0 Å². The molecule has 1 aromatic carbocycles. The predicted molar refractivity (Wildman–Crippen MR) is 44.1 cm³/mol. The summed E-state index contributed by atoms with van der Waals surface area (Å²) in [5.74, 6) is -0.223. The molecule has 0 bridgehead atoms. The molecule has 0 aliphatic carbocycles. The molecule has 1 heterocycles. The molecule has 1 amide bonds. The second kappa shape index (κ2) is 2.41. The number of anilines is 1. The number of hydrogen-bond acceptors (Lipinski definition) is 3. The first kappa shape index (κ1) is 6.97. The smallest absolute Gasteiger partial charge is 0.258 e. The number of hydrogen-bond donors (Lipinski definition) is 3. The highest BCUT2D eigenvalue weighted by molar-refractivity contribution is 6.03. The Hall–Kier alpha value is -1.71. The molecular weight excluding hydrogens is 156 g/mol. The number of nitrogens with one attached hydrogen (secondary N) is 2. The van der Waals surface area contributed by atoms with E-state index in [1.165, 1.54) is 6.07 Å². The maximum absolute atomic E-state index is 11.2. The molecule has 0 aromatic heterocycles. The van der Waals surface area contributed by atoms with Crippen molar-refractivity contribution in [3.8, 4) is 5.75 Å². The molecule has 1 aliphatic rings. The third-order valence-corrected chi connectivity index (χ3v) is 1.80. The Kier molecular flexibility index (Phi) is 1.40. The minimum atomic E-state index is -0.234. The van der Waals surface area contributed by atoms with Gasteiger partial charge < -0.3 is 15.7 Å². The van der Waals surface area contributed by atoms with Crippen LogP contribution in [0.2, 0.25) is 0 Å². The van der Waals surface area contributed by atoms with Crippen LogP contribution in [0.4, 0.5) is 5.69 Å². The molecule has 12 heavy (non-hydrogen) atoms. The highest BCUT2D eigenvalue weighted by Crippen LogP contribution is 2.26. The van der Waals surface area contributed by atoms with E-state index in [-0.39, 0.29) is 11.7 Å². The summed E-state index contributed by atoms with van der Waals surface area (Å²) in [5.41, 5.74) is 1.00. The molecule has 62 valence electrons. The van der Waals surface area contributed by atoms with Crippen LogP contribution in [-0.2, 0) is 0 Å². The van der Waals surface area contributed by atoms with Crippen LogP contribution in [-0.4, -0.2) is 17.7 Å². The molecule has 0 atom stereocenters. The molecule has 0 spiro atoms. The summed E-state index contributed by atoms with van der Waals surface area (Å²) in [5, 5.41) is 14.8. The van der Waals surface area contributed by atoms with Crippen LogP contribution >= 0.6 is 0 Å². The van der Waals surface area contributed by atoms with Crippen LogP contribution in [0.3, 0.4) is 0 Å². The number of fused-ring (bicyclic) bond motifs is 1. The maximum Gasteiger partial charge on any atom is 0.258 e. The Morgan fingerprint density at radius 2 is 2.17 bits per heavy atom. The Balaban J connectivity index is 2.60. The number of benzene rings is 1. The molecular formula is C8H8N2O2. The van der Waals surface area contributed by atoms with E-state index in [0.717, 1.165) is 0 Å². The van der Waals surface area contributed by atoms with E-state index in [1.54, 1.807) is 12.1 Å². The van der Waals surface area contributed by atoms with E-state index >= 15 is 0 Å². The monoisotopic (exact) mass is 164 g/mol. The molecule has 1 aromatic rings. The zero-order chi connectivity index (χ0) is 8.55. The molecule has 1 aliphatic heterocycles. The van der Waals surface area contributed by atoms with Gasteiger partial charge in [-0.05, 0) is 12.1 Å². The van der Waals surface area contributed by atoms with Gasteiger partial charge in [-0.25, -0.2) is 0 Å². The van der Waals surface area contributed by atoms with Crippen LogP contribution in [0, 0.1) is 0 Å². The normalized spacial score (nSPS) is 14.5. The van der Waals surface area contributed by atoms with Crippen molar-refractivity contribution in [1.29, 1.82) is 0 Å². The topological polar surface area (TPSA) is 61.4 Å². The lowest BCUT2D eigenvalue weighted by Crippen LogP contribution is -2.34. The summed E-state index contributed by atoms with van der Waals surface area (Å²) in [6.07, 6.45) is 0. The van der Waals surface area contributed by atoms with Gasteiger partial charge in [0, 0.05) is 0 Å². The highest BCUT2D eigenvalue weighted by Gasteiger charge is 2.18. The molecule has 4 nitrogen and oxygen atoms in total. The van der Waals surface area contributed by atoms with E-state index < -0.39 is 0 Å². The second-order valence-corrected chi connectivity index (χ2v) is 2.56. The quantitative estimate of drug-likeness (QED) is 0.523. The van der Waals surface area contributed by atoms with E-state index in [9.17, 15) is 9.90 Å². The minimum Gasteiger partial charge on any atom is -0.507 e. The average Bonchev–Trinajstić information content (AvgIpc) is 2.04. The van der Waals surface area contributed by atoms with Crippen molar-refractivity contribution in [1.82, 2.24) is 5.32 Å². The standard InChI is InChI=1S/C8H8N2O2/c11-6-3-1-2-5-7(6)8(12)10-4-9-5/h1-3,9,11H,4H2,(H,10,12). The molecule has 0 radical (unpaired) electrons. The molecule has 0 saturated heterocycles. The Bertz CT molecular complexity index is 336. The summed E-state index contributed by atoms with van der Waals surface area (Å²) in [6.45, 7) is 0.412. The second-order valence-electron chi connectivity index (χ2n) is 2.56. The van der Waals surface area contributed by atoms with E-state index in [2.05, 4.69) is 10.6 Å². The third kappa shape index (κ3) is 0.887. The number of carbonyl (C=O) groups is 1. The first-order chi connectivity index (χ1) is 5.79. The lowest BCUT2D eigenvalue weighted by atomic mass is 10.1. The van der Waals surface area contributed by atoms with Crippen molar-refractivity contribution in [2.45, 2.75) is 0 Å². The Morgan fingerprint density at radius 1 is 1.33 bits per heavy atom. The van der Waals surface area contributed by atoms with Gasteiger partial charge in [-0.2, -0.15) is 0 Å². The van der Waals surface area contributed by atoms with Gasteiger partial charge in [0.1, 0.15) is 11.3 Å². The van der Waals surface area contributed by atoms with Gasteiger partial charge in [-0.3, -0.25) is 4.79 Å². The van der Waals surface area contributed by atoms with Gasteiger partial charge in [0.25, 0.3) is 5.91 Å².